The number of rotatable bonds is 0. The topological polar surface area (TPSA) is 15.3 Å². The van der Waals surface area contributed by atoms with Crippen LogP contribution in [-0.4, -0.2) is 23.5 Å². The third kappa shape index (κ3) is 1.66. The normalized spacial score (nSPS) is 31.2. The first-order valence-corrected chi connectivity index (χ1v) is 5.39. The van der Waals surface area contributed by atoms with Gasteiger partial charge in [0.25, 0.3) is 0 Å². The number of nitrogens with one attached hydrogen (secondary N) is 1. The van der Waals surface area contributed by atoms with Crippen molar-refractivity contribution >= 4 is 0 Å². The third-order valence-corrected chi connectivity index (χ3v) is 3.18. The molecule has 2 heterocycles. The largest absolute Gasteiger partial charge is 0.391 e. The van der Waals surface area contributed by atoms with E-state index in [2.05, 4.69) is 55.5 Å². The van der Waals surface area contributed by atoms with Gasteiger partial charge >= 0.3 is 0 Å². The predicted octanol–water partition coefficient (Wildman–Crippen LogP) is 2.11. The molecule has 1 spiro atoms. The van der Waals surface area contributed by atoms with E-state index in [0.29, 0.717) is 5.41 Å². The molecule has 2 aliphatic rings. The van der Waals surface area contributed by atoms with Gasteiger partial charge in [0.05, 0.1) is 0 Å². The van der Waals surface area contributed by atoms with Crippen molar-refractivity contribution in [3.8, 4) is 0 Å². The highest BCUT2D eigenvalue weighted by atomic mass is 15.2. The zero-order chi connectivity index (χ0) is 10.2. The van der Waals surface area contributed by atoms with E-state index < -0.39 is 0 Å². The maximum Gasteiger partial charge on any atom is 0.0312 e. The summed E-state index contributed by atoms with van der Waals surface area (Å²) in [6.45, 7) is 9.02. The van der Waals surface area contributed by atoms with Gasteiger partial charge in [-0.15, -0.1) is 0 Å². The monoisotopic (exact) mass is 192 g/mol. The highest BCUT2D eigenvalue weighted by Gasteiger charge is 2.35. The van der Waals surface area contributed by atoms with Crippen molar-refractivity contribution in [3.63, 3.8) is 0 Å². The van der Waals surface area contributed by atoms with Crippen LogP contribution in [0.15, 0.2) is 24.6 Å². The second-order valence-corrected chi connectivity index (χ2v) is 5.39. The summed E-state index contributed by atoms with van der Waals surface area (Å²) in [6.07, 6.45) is 10.2. The van der Waals surface area contributed by atoms with Crippen LogP contribution in [0.1, 0.15) is 27.2 Å². The third-order valence-electron chi connectivity index (χ3n) is 3.18. The second kappa shape index (κ2) is 3.04. The summed E-state index contributed by atoms with van der Waals surface area (Å²) in [5.74, 6) is 0. The van der Waals surface area contributed by atoms with Crippen molar-refractivity contribution in [2.75, 3.05) is 13.1 Å². The van der Waals surface area contributed by atoms with Crippen molar-refractivity contribution in [2.45, 2.75) is 32.7 Å². The lowest BCUT2D eigenvalue weighted by molar-refractivity contribution is 0.183. The van der Waals surface area contributed by atoms with E-state index in [-0.39, 0.29) is 5.54 Å². The Hall–Kier alpha value is -0.920. The molecule has 1 atom stereocenters. The zero-order valence-electron chi connectivity index (χ0n) is 9.38. The molecule has 1 unspecified atom stereocenters. The minimum absolute atomic E-state index is 0.249. The molecule has 1 N–H and O–H groups in total. The van der Waals surface area contributed by atoms with Gasteiger partial charge in [-0.1, -0.05) is 12.2 Å². The molecule has 2 rings (SSSR count). The summed E-state index contributed by atoms with van der Waals surface area (Å²) in [5, 5.41) is 3.26. The van der Waals surface area contributed by atoms with Crippen molar-refractivity contribution in [2.24, 2.45) is 5.41 Å². The SMILES string of the molecule is CC(C)(C)N1C=CC2(C=CNCC2)C1. The van der Waals surface area contributed by atoms with Crippen molar-refractivity contribution < 1.29 is 0 Å². The maximum absolute atomic E-state index is 3.26. The van der Waals surface area contributed by atoms with Crippen molar-refractivity contribution in [1.82, 2.24) is 10.2 Å². The zero-order valence-corrected chi connectivity index (χ0v) is 9.38. The van der Waals surface area contributed by atoms with Gasteiger partial charge in [0.15, 0.2) is 0 Å². The van der Waals surface area contributed by atoms with Gasteiger partial charge in [0.1, 0.15) is 0 Å². The number of hydrogen-bond acceptors (Lipinski definition) is 2. The average Bonchev–Trinajstić information content (AvgIpc) is 2.50. The molecular formula is C12H20N2. The van der Waals surface area contributed by atoms with Crippen LogP contribution in [0.25, 0.3) is 0 Å². The lowest BCUT2D eigenvalue weighted by Gasteiger charge is -2.36. The maximum atomic E-state index is 3.26. The Bertz CT molecular complexity index is 273. The fraction of sp³-hybridized carbons (Fsp3) is 0.667. The van der Waals surface area contributed by atoms with E-state index in [9.17, 15) is 0 Å². The first kappa shape index (κ1) is 9.63. The Morgan fingerprint density at radius 1 is 1.29 bits per heavy atom. The van der Waals surface area contributed by atoms with Crippen LogP contribution in [0, 0.1) is 5.41 Å². The first-order valence-electron chi connectivity index (χ1n) is 5.39. The Morgan fingerprint density at radius 3 is 2.57 bits per heavy atom. The van der Waals surface area contributed by atoms with Crippen LogP contribution in [0.4, 0.5) is 0 Å². The Morgan fingerprint density at radius 2 is 2.07 bits per heavy atom. The van der Waals surface area contributed by atoms with Crippen molar-refractivity contribution in [1.29, 1.82) is 0 Å². The Kier molecular flexibility index (Phi) is 2.09. The fourth-order valence-electron chi connectivity index (χ4n) is 2.09. The molecule has 2 nitrogen and oxygen atoms in total. The summed E-state index contributed by atoms with van der Waals surface area (Å²) in [6, 6.07) is 0. The summed E-state index contributed by atoms with van der Waals surface area (Å²) in [7, 11) is 0. The van der Waals surface area contributed by atoms with Crippen LogP contribution in [0.2, 0.25) is 0 Å². The fourth-order valence-corrected chi connectivity index (χ4v) is 2.09. The Balaban J connectivity index is 2.12. The minimum atomic E-state index is 0.249. The van der Waals surface area contributed by atoms with E-state index in [0.717, 1.165) is 13.1 Å². The van der Waals surface area contributed by atoms with Crippen LogP contribution < -0.4 is 5.32 Å². The molecule has 2 aliphatic heterocycles. The molecular weight excluding hydrogens is 172 g/mol. The molecule has 0 aromatic heterocycles. The molecule has 2 heteroatoms. The second-order valence-electron chi connectivity index (χ2n) is 5.39. The van der Waals surface area contributed by atoms with E-state index in [4.69, 9.17) is 0 Å². The molecule has 0 aromatic carbocycles. The molecule has 0 amide bonds. The molecule has 0 saturated carbocycles. The quantitative estimate of drug-likeness (QED) is 0.632. The standard InChI is InChI=1S/C12H20N2/c1-11(2,3)14-9-6-12(10-14)4-7-13-8-5-12/h4,6-7,9,13H,5,8,10H2,1-3H3. The summed E-state index contributed by atoms with van der Waals surface area (Å²) < 4.78 is 0. The smallest absolute Gasteiger partial charge is 0.0312 e. The average molecular weight is 192 g/mol. The van der Waals surface area contributed by atoms with E-state index in [1.54, 1.807) is 0 Å². The summed E-state index contributed by atoms with van der Waals surface area (Å²) in [4.78, 5) is 2.43. The first-order chi connectivity index (χ1) is 6.52. The molecule has 0 aliphatic carbocycles. The molecule has 0 saturated heterocycles. The van der Waals surface area contributed by atoms with Crippen LogP contribution in [-0.2, 0) is 0 Å². The molecule has 0 bridgehead atoms. The molecule has 0 aromatic rings. The van der Waals surface area contributed by atoms with Gasteiger partial charge in [-0.25, -0.2) is 0 Å². The highest BCUT2D eigenvalue weighted by Crippen LogP contribution is 2.36. The highest BCUT2D eigenvalue weighted by molar-refractivity contribution is 5.20. The lowest BCUT2D eigenvalue weighted by Crippen LogP contribution is -2.41. The minimum Gasteiger partial charge on any atom is -0.391 e. The molecule has 0 radical (unpaired) electrons. The van der Waals surface area contributed by atoms with Gasteiger partial charge in [0.2, 0.25) is 0 Å². The van der Waals surface area contributed by atoms with Crippen LogP contribution in [0.5, 0.6) is 0 Å². The number of hydrogen-bond donors (Lipinski definition) is 1. The van der Waals surface area contributed by atoms with Crippen LogP contribution >= 0.6 is 0 Å². The van der Waals surface area contributed by atoms with Gasteiger partial charge in [-0.2, -0.15) is 0 Å². The van der Waals surface area contributed by atoms with E-state index >= 15 is 0 Å². The van der Waals surface area contributed by atoms with Gasteiger partial charge < -0.3 is 10.2 Å². The molecule has 0 fully saturated rings. The molecule has 14 heavy (non-hydrogen) atoms. The predicted molar refractivity (Wildman–Crippen MR) is 59.8 cm³/mol. The van der Waals surface area contributed by atoms with Gasteiger partial charge in [0, 0.05) is 24.0 Å². The summed E-state index contributed by atoms with van der Waals surface area (Å²) in [5.41, 5.74) is 0.553. The molecule has 78 valence electrons. The van der Waals surface area contributed by atoms with Crippen LogP contribution in [0.3, 0.4) is 0 Å². The lowest BCUT2D eigenvalue weighted by atomic mass is 9.84. The van der Waals surface area contributed by atoms with E-state index in [1.165, 1.54) is 6.42 Å². The van der Waals surface area contributed by atoms with Gasteiger partial charge in [-0.05, 0) is 39.6 Å². The van der Waals surface area contributed by atoms with Gasteiger partial charge in [-0.3, -0.25) is 0 Å². The van der Waals surface area contributed by atoms with Crippen molar-refractivity contribution in [3.05, 3.63) is 24.6 Å². The number of nitrogens with zero attached hydrogens (tertiary/aromatic N) is 1. The summed E-state index contributed by atoms with van der Waals surface area (Å²) >= 11 is 0. The van der Waals surface area contributed by atoms with E-state index in [1.807, 2.05) is 0 Å². The Labute approximate surface area is 86.7 Å².